The molecule has 206 valence electrons. The van der Waals surface area contributed by atoms with Gasteiger partial charge in [0.25, 0.3) is 0 Å². The second kappa shape index (κ2) is 6.85. The maximum Gasteiger partial charge on any atom is 0.313 e. The SMILES string of the molecule is CC(O)[C@@]1(C)c2oncc2C[C@]2(C)C3=CC(=O)[C@]45OC(=O)[C@@]6(CCC(C)(C)C[C@H]64)CC[C@@]5(C)[C@]3(C)CC[C@H]21. The Morgan fingerprint density at radius 3 is 2.42 bits per heavy atom. The first-order valence-corrected chi connectivity index (χ1v) is 14.8. The van der Waals surface area contributed by atoms with Crippen LogP contribution in [0.25, 0.3) is 0 Å². The quantitative estimate of drug-likeness (QED) is 0.476. The summed E-state index contributed by atoms with van der Waals surface area (Å²) >= 11 is 0. The van der Waals surface area contributed by atoms with E-state index >= 15 is 0 Å². The fourth-order valence-electron chi connectivity index (χ4n) is 11.3. The summed E-state index contributed by atoms with van der Waals surface area (Å²) in [7, 11) is 0. The predicted octanol–water partition coefficient (Wildman–Crippen LogP) is 5.71. The molecule has 0 radical (unpaired) electrons. The van der Waals surface area contributed by atoms with Crippen LogP contribution in [0.2, 0.25) is 0 Å². The van der Waals surface area contributed by atoms with Gasteiger partial charge in [-0.15, -0.1) is 0 Å². The number of aromatic nitrogens is 1. The summed E-state index contributed by atoms with van der Waals surface area (Å²) in [6.45, 7) is 15.4. The highest BCUT2D eigenvalue weighted by Crippen LogP contribution is 2.78. The maximum atomic E-state index is 14.7. The Morgan fingerprint density at radius 1 is 1.00 bits per heavy atom. The number of hydrogen-bond acceptors (Lipinski definition) is 6. The minimum absolute atomic E-state index is 0.00170. The van der Waals surface area contributed by atoms with E-state index in [0.717, 1.165) is 62.7 Å². The van der Waals surface area contributed by atoms with Crippen molar-refractivity contribution in [2.24, 2.45) is 38.9 Å². The number of nitrogens with zero attached hydrogens (tertiary/aromatic N) is 1. The fraction of sp³-hybridized carbons (Fsp3) is 0.781. The van der Waals surface area contributed by atoms with Crippen molar-refractivity contribution >= 4 is 11.8 Å². The average Bonchev–Trinajstić information content (AvgIpc) is 3.37. The van der Waals surface area contributed by atoms with E-state index in [1.807, 2.05) is 13.0 Å². The van der Waals surface area contributed by atoms with Crippen molar-refractivity contribution in [1.29, 1.82) is 0 Å². The summed E-state index contributed by atoms with van der Waals surface area (Å²) in [6, 6.07) is 0. The van der Waals surface area contributed by atoms with Crippen molar-refractivity contribution in [1.82, 2.24) is 5.16 Å². The third-order valence-electron chi connectivity index (χ3n) is 13.8. The molecule has 2 heterocycles. The molecule has 1 aromatic rings. The van der Waals surface area contributed by atoms with Gasteiger partial charge in [0.2, 0.25) is 0 Å². The lowest BCUT2D eigenvalue weighted by Gasteiger charge is -2.69. The Balaban J connectivity index is 1.44. The summed E-state index contributed by atoms with van der Waals surface area (Å²) in [5.74, 6) is 0.699. The molecule has 1 aliphatic heterocycles. The smallest absolute Gasteiger partial charge is 0.313 e. The van der Waals surface area contributed by atoms with Gasteiger partial charge in [-0.3, -0.25) is 9.59 Å². The molecular formula is C32H43NO5. The van der Waals surface area contributed by atoms with E-state index in [0.29, 0.717) is 0 Å². The van der Waals surface area contributed by atoms with E-state index in [1.54, 1.807) is 6.20 Å². The number of aliphatic hydroxyl groups excluding tert-OH is 1. The third-order valence-corrected chi connectivity index (χ3v) is 13.8. The van der Waals surface area contributed by atoms with E-state index in [2.05, 4.69) is 46.7 Å². The summed E-state index contributed by atoms with van der Waals surface area (Å²) in [6.07, 6.45) is 9.92. The molecular weight excluding hydrogens is 478 g/mol. The molecule has 38 heavy (non-hydrogen) atoms. The molecule has 9 atom stereocenters. The number of hydrogen-bond donors (Lipinski definition) is 1. The van der Waals surface area contributed by atoms with Gasteiger partial charge >= 0.3 is 5.97 Å². The zero-order valence-electron chi connectivity index (χ0n) is 24.1. The monoisotopic (exact) mass is 521 g/mol. The molecule has 0 amide bonds. The average molecular weight is 522 g/mol. The van der Waals surface area contributed by atoms with Crippen LogP contribution >= 0.6 is 0 Å². The molecule has 6 nitrogen and oxygen atoms in total. The number of ketones is 1. The van der Waals surface area contributed by atoms with Gasteiger partial charge in [0.05, 0.1) is 23.1 Å². The molecule has 1 N–H and O–H groups in total. The van der Waals surface area contributed by atoms with Crippen LogP contribution in [-0.4, -0.2) is 33.7 Å². The summed E-state index contributed by atoms with van der Waals surface area (Å²) in [5, 5.41) is 15.3. The van der Waals surface area contributed by atoms with Crippen molar-refractivity contribution in [3.63, 3.8) is 0 Å². The molecule has 1 aromatic heterocycles. The molecule has 1 unspecified atom stereocenters. The number of carbonyl (C=O) groups excluding carboxylic acids is 2. The Bertz CT molecular complexity index is 1310. The molecule has 0 aromatic carbocycles. The van der Waals surface area contributed by atoms with Gasteiger partial charge in [-0.05, 0) is 93.5 Å². The van der Waals surface area contributed by atoms with Crippen LogP contribution in [0.1, 0.15) is 105 Å². The van der Waals surface area contributed by atoms with E-state index in [4.69, 9.17) is 9.26 Å². The minimum Gasteiger partial charge on any atom is -0.449 e. The van der Waals surface area contributed by atoms with Gasteiger partial charge in [0.15, 0.2) is 11.4 Å². The molecule has 4 fully saturated rings. The Kier molecular flexibility index (Phi) is 4.51. The molecule has 3 saturated carbocycles. The molecule has 1 spiro atoms. The van der Waals surface area contributed by atoms with Crippen LogP contribution < -0.4 is 0 Å². The number of allylic oxidation sites excluding steroid dienone is 1. The van der Waals surface area contributed by atoms with E-state index in [-0.39, 0.29) is 39.8 Å². The van der Waals surface area contributed by atoms with Gasteiger partial charge in [-0.1, -0.05) is 45.3 Å². The van der Waals surface area contributed by atoms with Gasteiger partial charge < -0.3 is 14.4 Å². The first kappa shape index (κ1) is 25.0. The number of aliphatic hydroxyl groups is 1. The Morgan fingerprint density at radius 2 is 1.71 bits per heavy atom. The molecule has 1 saturated heterocycles. The van der Waals surface area contributed by atoms with Crippen molar-refractivity contribution in [3.05, 3.63) is 29.2 Å². The number of carbonyl (C=O) groups is 2. The molecule has 7 rings (SSSR count). The second-order valence-corrected chi connectivity index (χ2v) is 15.6. The fourth-order valence-corrected chi connectivity index (χ4v) is 11.3. The predicted molar refractivity (Wildman–Crippen MR) is 141 cm³/mol. The number of rotatable bonds is 1. The second-order valence-electron chi connectivity index (χ2n) is 15.6. The first-order chi connectivity index (χ1) is 17.6. The molecule has 6 aliphatic rings. The minimum atomic E-state index is -1.09. The number of esters is 1. The van der Waals surface area contributed by atoms with E-state index < -0.39 is 27.9 Å². The van der Waals surface area contributed by atoms with Crippen molar-refractivity contribution in [2.45, 2.75) is 117 Å². The lowest BCUT2D eigenvalue weighted by atomic mass is 9.33. The van der Waals surface area contributed by atoms with Gasteiger partial charge in [-0.2, -0.15) is 0 Å². The van der Waals surface area contributed by atoms with Crippen molar-refractivity contribution in [2.75, 3.05) is 0 Å². The first-order valence-electron chi connectivity index (χ1n) is 14.8. The van der Waals surface area contributed by atoms with Gasteiger partial charge in [-0.25, -0.2) is 0 Å². The highest BCUT2D eigenvalue weighted by atomic mass is 16.6. The topological polar surface area (TPSA) is 89.6 Å². The van der Waals surface area contributed by atoms with E-state index in [1.165, 1.54) is 5.57 Å². The van der Waals surface area contributed by atoms with E-state index in [9.17, 15) is 14.7 Å². The van der Waals surface area contributed by atoms with Gasteiger partial charge in [0, 0.05) is 16.9 Å². The van der Waals surface area contributed by atoms with Crippen molar-refractivity contribution in [3.8, 4) is 0 Å². The molecule has 5 aliphatic carbocycles. The lowest BCUT2D eigenvalue weighted by molar-refractivity contribution is -0.208. The highest BCUT2D eigenvalue weighted by molar-refractivity contribution is 6.05. The van der Waals surface area contributed by atoms with Crippen LogP contribution in [-0.2, 0) is 26.2 Å². The largest absolute Gasteiger partial charge is 0.449 e. The zero-order chi connectivity index (χ0) is 27.3. The van der Waals surface area contributed by atoms with Crippen molar-refractivity contribution < 1.29 is 24.0 Å². The van der Waals surface area contributed by atoms with Crippen LogP contribution in [0, 0.1) is 38.9 Å². The standard InChI is InChI=1S/C32H43NO5/c1-18(34)30(7)20-8-9-28(5)21(27(20,4)15-19-17-33-38-24(19)30)14-23(35)32-22-16-26(2,3)10-12-31(22,25(36)37-32)13-11-29(28,32)6/h14,17-18,20,22,34H,8-13,15-16H2,1-7H3/t18?,20-,22-,27+,28-,29+,30-,31+,32-/m1/s1. The summed E-state index contributed by atoms with van der Waals surface area (Å²) in [5.41, 5.74) is -1.06. The van der Waals surface area contributed by atoms with Crippen LogP contribution in [0.15, 0.2) is 22.4 Å². The normalized spacial score (nSPS) is 51.0. The third kappa shape index (κ3) is 2.38. The Labute approximate surface area is 225 Å². The Hall–Kier alpha value is -1.95. The molecule has 6 heteroatoms. The summed E-state index contributed by atoms with van der Waals surface area (Å²) < 4.78 is 12.3. The maximum absolute atomic E-state index is 14.7. The molecule has 2 bridgehead atoms. The highest BCUT2D eigenvalue weighted by Gasteiger charge is 2.82. The lowest BCUT2D eigenvalue weighted by Crippen LogP contribution is -2.72. The zero-order valence-corrected chi connectivity index (χ0v) is 24.1. The van der Waals surface area contributed by atoms with Crippen LogP contribution in [0.3, 0.4) is 0 Å². The van der Waals surface area contributed by atoms with Crippen LogP contribution in [0.4, 0.5) is 0 Å². The summed E-state index contributed by atoms with van der Waals surface area (Å²) in [4.78, 5) is 28.4. The number of fused-ring (bicyclic) bond motifs is 5. The number of ether oxygens (including phenoxy) is 1. The van der Waals surface area contributed by atoms with Crippen LogP contribution in [0.5, 0.6) is 0 Å². The van der Waals surface area contributed by atoms with Gasteiger partial charge in [0.1, 0.15) is 5.76 Å².